The molecule has 8 nitrogen and oxygen atoms in total. The van der Waals surface area contributed by atoms with Gasteiger partial charge in [0.05, 0.1) is 29.5 Å². The number of hydrogen-bond acceptors (Lipinski definition) is 7. The fourth-order valence-corrected chi connectivity index (χ4v) is 3.43. The molecule has 0 bridgehead atoms. The van der Waals surface area contributed by atoms with Crippen LogP contribution in [-0.2, 0) is 11.3 Å². The van der Waals surface area contributed by atoms with Gasteiger partial charge < -0.3 is 10.1 Å². The Hall–Kier alpha value is -3.09. The van der Waals surface area contributed by atoms with Crippen LogP contribution < -0.4 is 10.1 Å². The zero-order valence-electron chi connectivity index (χ0n) is 15.7. The minimum atomic E-state index is -0.454. The van der Waals surface area contributed by atoms with E-state index < -0.39 is 5.25 Å². The molecule has 0 aliphatic heterocycles. The fourth-order valence-electron chi connectivity index (χ4n) is 2.42. The van der Waals surface area contributed by atoms with Gasteiger partial charge in [0.2, 0.25) is 11.1 Å². The molecule has 0 saturated carbocycles. The number of aromatic nitrogens is 4. The summed E-state index contributed by atoms with van der Waals surface area (Å²) in [5, 5.41) is 23.8. The maximum absolute atomic E-state index is 12.5. The first-order chi connectivity index (χ1) is 14.0. The molecule has 0 fully saturated rings. The van der Waals surface area contributed by atoms with E-state index in [2.05, 4.69) is 20.8 Å². The van der Waals surface area contributed by atoms with Gasteiger partial charge in [-0.15, -0.1) is 5.10 Å². The van der Waals surface area contributed by atoms with Crippen LogP contribution in [0.15, 0.2) is 47.6 Å². The largest absolute Gasteiger partial charge is 0.497 e. The van der Waals surface area contributed by atoms with E-state index in [4.69, 9.17) is 21.6 Å². The summed E-state index contributed by atoms with van der Waals surface area (Å²) >= 11 is 7.26. The Morgan fingerprint density at radius 2 is 2.10 bits per heavy atom. The van der Waals surface area contributed by atoms with Crippen molar-refractivity contribution in [3.63, 3.8) is 0 Å². The van der Waals surface area contributed by atoms with Crippen molar-refractivity contribution in [3.05, 3.63) is 58.6 Å². The number of benzene rings is 2. The predicted octanol–water partition coefficient (Wildman–Crippen LogP) is 3.37. The number of nitrogens with one attached hydrogen (secondary N) is 1. The van der Waals surface area contributed by atoms with E-state index in [-0.39, 0.29) is 10.9 Å². The minimum Gasteiger partial charge on any atom is -0.497 e. The first-order valence-corrected chi connectivity index (χ1v) is 9.82. The number of rotatable bonds is 7. The lowest BCUT2D eigenvalue weighted by Gasteiger charge is -2.12. The second kappa shape index (κ2) is 9.41. The lowest BCUT2D eigenvalue weighted by molar-refractivity contribution is -0.115. The third kappa shape index (κ3) is 5.25. The average Bonchev–Trinajstić information content (AvgIpc) is 3.15. The zero-order valence-corrected chi connectivity index (χ0v) is 17.2. The molecule has 3 aromatic rings. The van der Waals surface area contributed by atoms with Crippen LogP contribution in [0.1, 0.15) is 18.1 Å². The van der Waals surface area contributed by atoms with Crippen molar-refractivity contribution in [2.45, 2.75) is 23.9 Å². The molecule has 0 saturated heterocycles. The molecule has 2 aromatic carbocycles. The van der Waals surface area contributed by atoms with Crippen LogP contribution >= 0.6 is 23.4 Å². The number of methoxy groups -OCH3 is 1. The highest BCUT2D eigenvalue weighted by atomic mass is 35.5. The van der Waals surface area contributed by atoms with Gasteiger partial charge in [-0.2, -0.15) is 5.26 Å². The molecular weight excluding hydrogens is 412 g/mol. The van der Waals surface area contributed by atoms with Gasteiger partial charge in [0.15, 0.2) is 0 Å². The standard InChI is InChI=1S/C19H17ClN6O2S/c1-12(18(27)22-15-6-5-14(10-21)17(20)9-15)29-19-23-24-25-26(19)11-13-3-7-16(28-2)8-4-13/h3-9,12H,11H2,1-2H3,(H,22,27). The van der Waals surface area contributed by atoms with Crippen molar-refractivity contribution in [3.8, 4) is 11.8 Å². The monoisotopic (exact) mass is 428 g/mol. The summed E-state index contributed by atoms with van der Waals surface area (Å²) in [5.41, 5.74) is 1.87. The molecule has 1 unspecified atom stereocenters. The van der Waals surface area contributed by atoms with Crippen molar-refractivity contribution < 1.29 is 9.53 Å². The number of thioether (sulfide) groups is 1. The molecule has 1 N–H and O–H groups in total. The van der Waals surface area contributed by atoms with Gasteiger partial charge in [-0.1, -0.05) is 35.5 Å². The van der Waals surface area contributed by atoms with Crippen molar-refractivity contribution in [1.29, 1.82) is 5.26 Å². The summed E-state index contributed by atoms with van der Waals surface area (Å²) in [6.07, 6.45) is 0. The van der Waals surface area contributed by atoms with Gasteiger partial charge in [-0.3, -0.25) is 4.79 Å². The van der Waals surface area contributed by atoms with Gasteiger partial charge in [0.1, 0.15) is 11.8 Å². The summed E-state index contributed by atoms with van der Waals surface area (Å²) < 4.78 is 6.79. The third-order valence-electron chi connectivity index (χ3n) is 4.00. The van der Waals surface area contributed by atoms with Crippen molar-refractivity contribution in [2.75, 3.05) is 12.4 Å². The van der Waals surface area contributed by atoms with Gasteiger partial charge in [-0.05, 0) is 53.2 Å². The number of amides is 1. The smallest absolute Gasteiger partial charge is 0.237 e. The van der Waals surface area contributed by atoms with Crippen LogP contribution in [0.5, 0.6) is 5.75 Å². The molecule has 0 spiro atoms. The molecule has 3 rings (SSSR count). The topological polar surface area (TPSA) is 106 Å². The SMILES string of the molecule is COc1ccc(Cn2nnnc2SC(C)C(=O)Nc2ccc(C#N)c(Cl)c2)cc1. The number of ether oxygens (including phenoxy) is 1. The highest BCUT2D eigenvalue weighted by Crippen LogP contribution is 2.24. The van der Waals surface area contributed by atoms with Crippen molar-refractivity contribution in [1.82, 2.24) is 20.2 Å². The molecule has 0 radical (unpaired) electrons. The number of tetrazole rings is 1. The Labute approximate surface area is 176 Å². The van der Waals surface area contributed by atoms with E-state index in [1.54, 1.807) is 36.9 Å². The summed E-state index contributed by atoms with van der Waals surface area (Å²) in [7, 11) is 1.61. The average molecular weight is 429 g/mol. The fraction of sp³-hybridized carbons (Fsp3) is 0.211. The summed E-state index contributed by atoms with van der Waals surface area (Å²) in [6, 6.07) is 14.3. The molecule has 10 heteroatoms. The molecule has 0 aliphatic rings. The summed E-state index contributed by atoms with van der Waals surface area (Å²) in [6.45, 7) is 2.23. The van der Waals surface area contributed by atoms with Gasteiger partial charge in [-0.25, -0.2) is 4.68 Å². The minimum absolute atomic E-state index is 0.227. The maximum Gasteiger partial charge on any atom is 0.237 e. The van der Waals surface area contributed by atoms with Gasteiger partial charge >= 0.3 is 0 Å². The highest BCUT2D eigenvalue weighted by Gasteiger charge is 2.19. The number of nitriles is 1. The van der Waals surface area contributed by atoms with Crippen LogP contribution in [0.4, 0.5) is 5.69 Å². The van der Waals surface area contributed by atoms with Crippen molar-refractivity contribution >= 4 is 35.0 Å². The molecule has 0 aliphatic carbocycles. The second-order valence-corrected chi connectivity index (χ2v) is 7.74. The zero-order chi connectivity index (χ0) is 20.8. The first-order valence-electron chi connectivity index (χ1n) is 8.56. The molecule has 148 valence electrons. The normalized spacial score (nSPS) is 11.5. The Kier molecular flexibility index (Phi) is 6.69. The van der Waals surface area contributed by atoms with E-state index in [1.807, 2.05) is 30.3 Å². The quantitative estimate of drug-likeness (QED) is 0.575. The van der Waals surface area contributed by atoms with Crippen LogP contribution in [-0.4, -0.2) is 38.5 Å². The van der Waals surface area contributed by atoms with Gasteiger partial charge in [0, 0.05) is 5.69 Å². The van der Waals surface area contributed by atoms with E-state index in [9.17, 15) is 4.79 Å². The Balaban J connectivity index is 1.64. The summed E-state index contributed by atoms with van der Waals surface area (Å²) in [5.74, 6) is 0.544. The third-order valence-corrected chi connectivity index (χ3v) is 5.38. The number of carbonyl (C=O) groups excluding carboxylic acids is 1. The van der Waals surface area contributed by atoms with E-state index in [1.165, 1.54) is 11.8 Å². The number of hydrogen-bond donors (Lipinski definition) is 1. The molecule has 1 amide bonds. The number of nitrogens with zero attached hydrogens (tertiary/aromatic N) is 5. The van der Waals surface area contributed by atoms with Crippen LogP contribution in [0.2, 0.25) is 5.02 Å². The lowest BCUT2D eigenvalue weighted by atomic mass is 10.2. The number of anilines is 1. The van der Waals surface area contributed by atoms with E-state index >= 15 is 0 Å². The molecule has 29 heavy (non-hydrogen) atoms. The van der Waals surface area contributed by atoms with Gasteiger partial charge in [0.25, 0.3) is 0 Å². The van der Waals surface area contributed by atoms with E-state index in [0.717, 1.165) is 11.3 Å². The van der Waals surface area contributed by atoms with Crippen LogP contribution in [0.25, 0.3) is 0 Å². The van der Waals surface area contributed by atoms with Crippen molar-refractivity contribution in [2.24, 2.45) is 0 Å². The Bertz CT molecular complexity index is 1050. The number of halogens is 1. The second-order valence-electron chi connectivity index (χ2n) is 6.02. The van der Waals surface area contributed by atoms with Crippen LogP contribution in [0.3, 0.4) is 0 Å². The first kappa shape index (κ1) is 20.6. The molecule has 1 aromatic heterocycles. The molecule has 1 atom stereocenters. The van der Waals surface area contributed by atoms with E-state index in [0.29, 0.717) is 23.0 Å². The molecular formula is C19H17ClN6O2S. The maximum atomic E-state index is 12.5. The predicted molar refractivity (Wildman–Crippen MR) is 110 cm³/mol. The molecule has 1 heterocycles. The number of carbonyl (C=O) groups is 1. The van der Waals surface area contributed by atoms with Crippen LogP contribution in [0, 0.1) is 11.3 Å². The lowest BCUT2D eigenvalue weighted by Crippen LogP contribution is -2.23. The Morgan fingerprint density at radius 1 is 1.34 bits per heavy atom. The highest BCUT2D eigenvalue weighted by molar-refractivity contribution is 8.00. The summed E-state index contributed by atoms with van der Waals surface area (Å²) in [4.78, 5) is 12.5. The Morgan fingerprint density at radius 3 is 2.76 bits per heavy atom.